The van der Waals surface area contributed by atoms with Crippen LogP contribution in [0.4, 0.5) is 10.1 Å². The number of carbonyl (C=O) groups excluding carboxylic acids is 1. The van der Waals surface area contributed by atoms with Crippen LogP contribution >= 0.6 is 0 Å². The lowest BCUT2D eigenvalue weighted by atomic mass is 10.0. The predicted octanol–water partition coefficient (Wildman–Crippen LogP) is 5.50. The second kappa shape index (κ2) is 8.61. The van der Waals surface area contributed by atoms with Gasteiger partial charge in [-0.1, -0.05) is 6.08 Å². The lowest BCUT2D eigenvalue weighted by Crippen LogP contribution is -2.05. The molecule has 3 aromatic rings. The first-order chi connectivity index (χ1) is 13.5. The first-order valence-corrected chi connectivity index (χ1v) is 9.12. The second-order valence-electron chi connectivity index (χ2n) is 6.26. The second-order valence-corrected chi connectivity index (χ2v) is 6.26. The maximum Gasteiger partial charge on any atom is 0.342 e. The number of phenolic OH excluding ortho intramolecular Hbond substituents is 1. The number of carbonyl (C=O) groups is 1. The number of fused-ring (bicyclic) bond motifs is 1. The molecule has 0 unspecified atom stereocenters. The Balaban J connectivity index is 2.08. The molecule has 1 heterocycles. The summed E-state index contributed by atoms with van der Waals surface area (Å²) in [5, 5.41) is 14.0. The van der Waals surface area contributed by atoms with E-state index in [0.29, 0.717) is 28.8 Å². The van der Waals surface area contributed by atoms with Gasteiger partial charge >= 0.3 is 5.97 Å². The molecule has 2 N–H and O–H groups in total. The number of phenols is 1. The lowest BCUT2D eigenvalue weighted by Gasteiger charge is -2.08. The van der Waals surface area contributed by atoms with Crippen molar-refractivity contribution in [2.45, 2.75) is 19.8 Å². The van der Waals surface area contributed by atoms with Gasteiger partial charge in [0.1, 0.15) is 28.5 Å². The highest BCUT2D eigenvalue weighted by molar-refractivity contribution is 6.09. The molecular weight excluding hydrogens is 361 g/mol. The van der Waals surface area contributed by atoms with Crippen molar-refractivity contribution < 1.29 is 23.4 Å². The summed E-state index contributed by atoms with van der Waals surface area (Å²) in [6.07, 6.45) is 3.56. The lowest BCUT2D eigenvalue weighted by molar-refractivity contribution is 0.0529. The van der Waals surface area contributed by atoms with E-state index in [1.807, 2.05) is 6.08 Å². The van der Waals surface area contributed by atoms with Gasteiger partial charge in [-0.05, 0) is 50.1 Å². The van der Waals surface area contributed by atoms with E-state index >= 15 is 0 Å². The number of ether oxygens (including phenoxy) is 1. The Labute approximate surface area is 162 Å². The minimum absolute atomic E-state index is 0.00288. The van der Waals surface area contributed by atoms with Gasteiger partial charge in [-0.25, -0.2) is 9.18 Å². The number of halogens is 1. The van der Waals surface area contributed by atoms with Gasteiger partial charge in [-0.15, -0.1) is 6.58 Å². The number of benzene rings is 2. The molecule has 6 heteroatoms. The van der Waals surface area contributed by atoms with Crippen molar-refractivity contribution in [2.24, 2.45) is 0 Å². The number of allylic oxidation sites excluding steroid dienone is 1. The zero-order valence-electron chi connectivity index (χ0n) is 15.6. The Kier molecular flexibility index (Phi) is 5.99. The molecule has 0 fully saturated rings. The van der Waals surface area contributed by atoms with E-state index in [2.05, 4.69) is 11.9 Å². The molecule has 146 valence electrons. The van der Waals surface area contributed by atoms with E-state index < -0.39 is 5.97 Å². The number of nitrogens with one attached hydrogen (secondary N) is 1. The number of rotatable bonds is 8. The van der Waals surface area contributed by atoms with Gasteiger partial charge in [0.05, 0.1) is 12.3 Å². The summed E-state index contributed by atoms with van der Waals surface area (Å²) < 4.78 is 24.4. The SMILES string of the molecule is C=CCCCNc1cc2oc(-c3ccc(F)cc3)c(C(=O)OCC)c2cc1O. The van der Waals surface area contributed by atoms with Gasteiger partial charge in [0.15, 0.2) is 0 Å². The van der Waals surface area contributed by atoms with Crippen LogP contribution in [0.15, 0.2) is 53.5 Å². The fourth-order valence-corrected chi connectivity index (χ4v) is 2.95. The number of esters is 1. The van der Waals surface area contributed by atoms with Crippen molar-refractivity contribution in [1.29, 1.82) is 0 Å². The highest BCUT2D eigenvalue weighted by Gasteiger charge is 2.24. The van der Waals surface area contributed by atoms with Crippen LogP contribution in [0.1, 0.15) is 30.1 Å². The first-order valence-electron chi connectivity index (χ1n) is 9.12. The molecule has 5 nitrogen and oxygen atoms in total. The highest BCUT2D eigenvalue weighted by Crippen LogP contribution is 2.39. The summed E-state index contributed by atoms with van der Waals surface area (Å²) in [4.78, 5) is 12.6. The van der Waals surface area contributed by atoms with Crippen molar-refractivity contribution >= 4 is 22.6 Å². The topological polar surface area (TPSA) is 71.7 Å². The van der Waals surface area contributed by atoms with E-state index in [0.717, 1.165) is 12.8 Å². The summed E-state index contributed by atoms with van der Waals surface area (Å²) in [7, 11) is 0. The molecule has 3 rings (SSSR count). The third-order valence-corrected chi connectivity index (χ3v) is 4.29. The summed E-state index contributed by atoms with van der Waals surface area (Å²) >= 11 is 0. The molecule has 0 bridgehead atoms. The number of unbranched alkanes of at least 4 members (excludes halogenated alkanes) is 1. The van der Waals surface area contributed by atoms with Crippen LogP contribution < -0.4 is 5.32 Å². The molecule has 0 atom stereocenters. The Morgan fingerprint density at radius 1 is 1.32 bits per heavy atom. The molecule has 0 aliphatic heterocycles. The van der Waals surface area contributed by atoms with Gasteiger partial charge in [0.25, 0.3) is 0 Å². The van der Waals surface area contributed by atoms with E-state index in [1.165, 1.54) is 30.3 Å². The molecule has 0 spiro atoms. The van der Waals surface area contributed by atoms with Gasteiger partial charge in [-0.2, -0.15) is 0 Å². The number of hydrogen-bond acceptors (Lipinski definition) is 5. The van der Waals surface area contributed by atoms with Crippen molar-refractivity contribution in [1.82, 2.24) is 0 Å². The van der Waals surface area contributed by atoms with Crippen LogP contribution in [-0.4, -0.2) is 24.2 Å². The summed E-state index contributed by atoms with van der Waals surface area (Å²) in [5.41, 5.74) is 1.68. The van der Waals surface area contributed by atoms with Crippen LogP contribution in [0.3, 0.4) is 0 Å². The van der Waals surface area contributed by atoms with Gasteiger partial charge < -0.3 is 19.6 Å². The molecule has 28 heavy (non-hydrogen) atoms. The fraction of sp³-hybridized carbons (Fsp3) is 0.227. The average molecular weight is 383 g/mol. The Morgan fingerprint density at radius 2 is 2.07 bits per heavy atom. The van der Waals surface area contributed by atoms with Crippen LogP contribution in [0.25, 0.3) is 22.3 Å². The zero-order valence-corrected chi connectivity index (χ0v) is 15.6. The summed E-state index contributed by atoms with van der Waals surface area (Å²) in [6.45, 7) is 6.24. The number of hydrogen-bond donors (Lipinski definition) is 2. The fourth-order valence-electron chi connectivity index (χ4n) is 2.95. The molecular formula is C22H22FNO4. The van der Waals surface area contributed by atoms with Crippen LogP contribution in [0.2, 0.25) is 0 Å². The van der Waals surface area contributed by atoms with Crippen LogP contribution in [0.5, 0.6) is 5.75 Å². The van der Waals surface area contributed by atoms with Crippen LogP contribution in [-0.2, 0) is 4.74 Å². The average Bonchev–Trinajstić information content (AvgIpc) is 3.04. The van der Waals surface area contributed by atoms with Crippen molar-refractivity contribution in [2.75, 3.05) is 18.5 Å². The minimum atomic E-state index is -0.563. The normalized spacial score (nSPS) is 10.8. The van der Waals surface area contributed by atoms with Crippen molar-refractivity contribution in [3.63, 3.8) is 0 Å². The highest BCUT2D eigenvalue weighted by atomic mass is 19.1. The molecule has 0 saturated heterocycles. The summed E-state index contributed by atoms with van der Waals surface area (Å²) in [5.74, 6) is -0.673. The van der Waals surface area contributed by atoms with Gasteiger partial charge in [0.2, 0.25) is 0 Å². The smallest absolute Gasteiger partial charge is 0.342 e. The van der Waals surface area contributed by atoms with E-state index in [-0.39, 0.29) is 29.5 Å². The third-order valence-electron chi connectivity index (χ3n) is 4.29. The Morgan fingerprint density at radius 3 is 2.75 bits per heavy atom. The number of aromatic hydroxyl groups is 1. The molecule has 2 aromatic carbocycles. The van der Waals surface area contributed by atoms with Gasteiger partial charge in [-0.3, -0.25) is 0 Å². The largest absolute Gasteiger partial charge is 0.506 e. The molecule has 0 amide bonds. The predicted molar refractivity (Wildman–Crippen MR) is 107 cm³/mol. The van der Waals surface area contributed by atoms with E-state index in [4.69, 9.17) is 9.15 Å². The molecule has 0 aliphatic rings. The molecule has 1 aromatic heterocycles. The molecule has 0 radical (unpaired) electrons. The van der Waals surface area contributed by atoms with Crippen molar-refractivity contribution in [3.05, 3.63) is 60.4 Å². The van der Waals surface area contributed by atoms with E-state index in [9.17, 15) is 14.3 Å². The number of furan rings is 1. The van der Waals surface area contributed by atoms with E-state index in [1.54, 1.807) is 13.0 Å². The number of anilines is 1. The standard InChI is InChI=1S/C22H22FNO4/c1-3-5-6-11-24-17-13-19-16(12-18(17)25)20(22(26)27-4-2)21(28-19)14-7-9-15(23)10-8-14/h3,7-10,12-13,24-25H,1,4-6,11H2,2H3. The minimum Gasteiger partial charge on any atom is -0.506 e. The first kappa shape index (κ1) is 19.5. The summed E-state index contributed by atoms with van der Waals surface area (Å²) in [6, 6.07) is 8.78. The molecule has 0 saturated carbocycles. The monoisotopic (exact) mass is 383 g/mol. The zero-order chi connectivity index (χ0) is 20.1. The van der Waals surface area contributed by atoms with Gasteiger partial charge in [0, 0.05) is 23.6 Å². The molecule has 0 aliphatic carbocycles. The van der Waals surface area contributed by atoms with Crippen LogP contribution in [0, 0.1) is 5.82 Å². The Bertz CT molecular complexity index is 992. The third kappa shape index (κ3) is 4.01. The maximum atomic E-state index is 13.3. The quantitative estimate of drug-likeness (QED) is 0.233. The maximum absolute atomic E-state index is 13.3. The Hall–Kier alpha value is -3.28. The van der Waals surface area contributed by atoms with Crippen molar-refractivity contribution in [3.8, 4) is 17.1 Å².